The lowest BCUT2D eigenvalue weighted by Gasteiger charge is -2.23. The summed E-state index contributed by atoms with van der Waals surface area (Å²) in [7, 11) is -3.94. The number of rotatable bonds is 3. The van der Waals surface area contributed by atoms with E-state index in [4.69, 9.17) is 11.6 Å². The number of anilines is 2. The predicted octanol–water partition coefficient (Wildman–Crippen LogP) is 4.51. The number of hydrogen-bond acceptors (Lipinski definition) is 3. The summed E-state index contributed by atoms with van der Waals surface area (Å²) in [5, 5.41) is 0.317. The Labute approximate surface area is 166 Å². The zero-order valence-corrected chi connectivity index (χ0v) is 17.7. The summed E-state index contributed by atoms with van der Waals surface area (Å²) in [6.45, 7) is 5.21. The average molecular weight is 458 g/mol. The highest BCUT2D eigenvalue weighted by molar-refractivity contribution is 9.10. The zero-order chi connectivity index (χ0) is 19.2. The largest absolute Gasteiger partial charge is 0.308 e. The minimum absolute atomic E-state index is 0.0538. The second kappa shape index (κ2) is 6.87. The Morgan fingerprint density at radius 3 is 2.62 bits per heavy atom. The SMILES string of the molecule is CC(=O)N1c2c(cc(Br)cc2S(=O)(=O)Nc2ccc(C)cc2Cl)C[C@@H]1C. The summed E-state index contributed by atoms with van der Waals surface area (Å²) in [5.41, 5.74) is 2.48. The summed E-state index contributed by atoms with van der Waals surface area (Å²) in [6, 6.07) is 8.35. The first-order chi connectivity index (χ1) is 12.1. The van der Waals surface area contributed by atoms with E-state index in [-0.39, 0.29) is 16.8 Å². The molecule has 2 aromatic carbocycles. The van der Waals surface area contributed by atoms with Crippen LogP contribution in [0.25, 0.3) is 0 Å². The van der Waals surface area contributed by atoms with E-state index in [2.05, 4.69) is 20.7 Å². The molecule has 0 unspecified atom stereocenters. The Morgan fingerprint density at radius 2 is 2.00 bits per heavy atom. The standard InChI is InChI=1S/C18H18BrClN2O3S/c1-10-4-5-16(15(20)6-10)21-26(24,25)17-9-14(19)8-13-7-11(2)22(12(3)23)18(13)17/h4-6,8-9,11,21H,7H2,1-3H3/t11-/m0/s1. The van der Waals surface area contributed by atoms with Crippen LogP contribution in [0.5, 0.6) is 0 Å². The van der Waals surface area contributed by atoms with Gasteiger partial charge in [0.15, 0.2) is 0 Å². The molecule has 5 nitrogen and oxygen atoms in total. The second-order valence-corrected chi connectivity index (χ2v) is 9.42. The first kappa shape index (κ1) is 19.2. The average Bonchev–Trinajstić information content (AvgIpc) is 2.84. The summed E-state index contributed by atoms with van der Waals surface area (Å²) in [4.78, 5) is 13.7. The molecule has 1 heterocycles. The summed E-state index contributed by atoms with van der Waals surface area (Å²) >= 11 is 9.55. The first-order valence-corrected chi connectivity index (χ1v) is 10.7. The number of hydrogen-bond donors (Lipinski definition) is 1. The molecule has 0 fully saturated rings. The molecule has 1 amide bonds. The number of nitrogens with zero attached hydrogens (tertiary/aromatic N) is 1. The van der Waals surface area contributed by atoms with Crippen LogP contribution >= 0.6 is 27.5 Å². The molecule has 0 saturated carbocycles. The molecule has 1 aliphatic heterocycles. The fourth-order valence-corrected chi connectivity index (χ4v) is 5.60. The van der Waals surface area contributed by atoms with Gasteiger partial charge in [-0.15, -0.1) is 0 Å². The number of fused-ring (bicyclic) bond motifs is 1. The smallest absolute Gasteiger partial charge is 0.264 e. The number of carbonyl (C=O) groups is 1. The molecule has 8 heteroatoms. The van der Waals surface area contributed by atoms with E-state index in [0.29, 0.717) is 27.3 Å². The van der Waals surface area contributed by atoms with Gasteiger partial charge in [-0.1, -0.05) is 33.6 Å². The number of sulfonamides is 1. The van der Waals surface area contributed by atoms with Gasteiger partial charge in [-0.3, -0.25) is 9.52 Å². The quantitative estimate of drug-likeness (QED) is 0.737. The van der Waals surface area contributed by atoms with Crippen LogP contribution in [0.2, 0.25) is 5.02 Å². The van der Waals surface area contributed by atoms with Gasteiger partial charge in [-0.2, -0.15) is 0 Å². The molecule has 1 aliphatic rings. The minimum atomic E-state index is -3.94. The summed E-state index contributed by atoms with van der Waals surface area (Å²) < 4.78 is 29.4. The number of aryl methyl sites for hydroxylation is 1. The third-order valence-corrected chi connectivity index (χ3v) is 6.46. The zero-order valence-electron chi connectivity index (χ0n) is 14.5. The summed E-state index contributed by atoms with van der Waals surface area (Å²) in [6.07, 6.45) is 0.599. The predicted molar refractivity (Wildman–Crippen MR) is 107 cm³/mol. The Kier molecular flexibility index (Phi) is 5.07. The molecule has 26 heavy (non-hydrogen) atoms. The lowest BCUT2D eigenvalue weighted by Crippen LogP contribution is -2.34. The molecule has 0 radical (unpaired) electrons. The van der Waals surface area contributed by atoms with Crippen LogP contribution in [0, 0.1) is 6.92 Å². The second-order valence-electron chi connectivity index (χ2n) is 6.44. The van der Waals surface area contributed by atoms with Gasteiger partial charge in [-0.05, 0) is 55.7 Å². The lowest BCUT2D eigenvalue weighted by molar-refractivity contribution is -0.116. The van der Waals surface area contributed by atoms with Crippen molar-refractivity contribution in [2.24, 2.45) is 0 Å². The van der Waals surface area contributed by atoms with Crippen molar-refractivity contribution in [2.45, 2.75) is 38.1 Å². The van der Waals surface area contributed by atoms with Gasteiger partial charge in [0.25, 0.3) is 10.0 Å². The van der Waals surface area contributed by atoms with Crippen molar-refractivity contribution in [3.63, 3.8) is 0 Å². The molecule has 0 spiro atoms. The van der Waals surface area contributed by atoms with Crippen molar-refractivity contribution in [3.05, 3.63) is 51.0 Å². The van der Waals surface area contributed by atoms with Crippen molar-refractivity contribution >= 4 is 54.8 Å². The van der Waals surface area contributed by atoms with Crippen LogP contribution in [0.1, 0.15) is 25.0 Å². The number of carbonyl (C=O) groups excluding carboxylic acids is 1. The van der Waals surface area contributed by atoms with E-state index in [9.17, 15) is 13.2 Å². The number of halogens is 2. The van der Waals surface area contributed by atoms with E-state index in [0.717, 1.165) is 11.1 Å². The van der Waals surface area contributed by atoms with E-state index in [1.54, 1.807) is 18.2 Å². The molecule has 0 bridgehead atoms. The van der Waals surface area contributed by atoms with Crippen molar-refractivity contribution < 1.29 is 13.2 Å². The molecule has 1 atom stereocenters. The number of benzene rings is 2. The normalized spacial score (nSPS) is 16.5. The molecule has 3 rings (SSSR count). The molecule has 0 saturated heterocycles. The van der Waals surface area contributed by atoms with Crippen LogP contribution in [0.3, 0.4) is 0 Å². The van der Waals surface area contributed by atoms with Crippen LogP contribution in [0.15, 0.2) is 39.7 Å². The monoisotopic (exact) mass is 456 g/mol. The first-order valence-electron chi connectivity index (χ1n) is 8.01. The topological polar surface area (TPSA) is 66.5 Å². The molecule has 1 N–H and O–H groups in total. The van der Waals surface area contributed by atoms with Gasteiger partial charge in [0.2, 0.25) is 5.91 Å². The minimum Gasteiger partial charge on any atom is -0.308 e. The Morgan fingerprint density at radius 1 is 1.31 bits per heavy atom. The molecular formula is C18H18BrClN2O3S. The van der Waals surface area contributed by atoms with Gasteiger partial charge < -0.3 is 4.90 Å². The van der Waals surface area contributed by atoms with Crippen LogP contribution in [-0.4, -0.2) is 20.4 Å². The maximum atomic E-state index is 13.1. The molecule has 138 valence electrons. The van der Waals surface area contributed by atoms with E-state index in [1.807, 2.05) is 19.9 Å². The number of amides is 1. The van der Waals surface area contributed by atoms with E-state index in [1.165, 1.54) is 17.9 Å². The van der Waals surface area contributed by atoms with E-state index >= 15 is 0 Å². The van der Waals surface area contributed by atoms with E-state index < -0.39 is 10.0 Å². The van der Waals surface area contributed by atoms with Crippen molar-refractivity contribution in [1.29, 1.82) is 0 Å². The van der Waals surface area contributed by atoms with Gasteiger partial charge in [-0.25, -0.2) is 8.42 Å². The molecule has 0 aromatic heterocycles. The van der Waals surface area contributed by atoms with Gasteiger partial charge >= 0.3 is 0 Å². The fourth-order valence-electron chi connectivity index (χ4n) is 3.26. The highest BCUT2D eigenvalue weighted by atomic mass is 79.9. The molecule has 0 aliphatic carbocycles. The van der Waals surface area contributed by atoms with Gasteiger partial charge in [0.1, 0.15) is 4.90 Å². The fraction of sp³-hybridized carbons (Fsp3) is 0.278. The van der Waals surface area contributed by atoms with Crippen molar-refractivity contribution in [2.75, 3.05) is 9.62 Å². The highest BCUT2D eigenvalue weighted by Crippen LogP contribution is 2.41. The molecule has 2 aromatic rings. The number of nitrogens with one attached hydrogen (secondary N) is 1. The van der Waals surface area contributed by atoms with Crippen LogP contribution in [-0.2, 0) is 21.2 Å². The van der Waals surface area contributed by atoms with Crippen LogP contribution in [0.4, 0.5) is 11.4 Å². The van der Waals surface area contributed by atoms with Crippen molar-refractivity contribution in [1.82, 2.24) is 0 Å². The lowest BCUT2D eigenvalue weighted by atomic mass is 10.1. The van der Waals surface area contributed by atoms with Gasteiger partial charge in [0, 0.05) is 17.4 Å². The Bertz CT molecular complexity index is 1010. The highest BCUT2D eigenvalue weighted by Gasteiger charge is 2.35. The Balaban J connectivity index is 2.13. The van der Waals surface area contributed by atoms with Crippen molar-refractivity contribution in [3.8, 4) is 0 Å². The molecular weight excluding hydrogens is 440 g/mol. The maximum absolute atomic E-state index is 13.1. The van der Waals surface area contributed by atoms with Gasteiger partial charge in [0.05, 0.1) is 16.4 Å². The van der Waals surface area contributed by atoms with Crippen LogP contribution < -0.4 is 9.62 Å². The summed E-state index contributed by atoms with van der Waals surface area (Å²) in [5.74, 6) is -0.191. The third-order valence-electron chi connectivity index (χ3n) is 4.31. The maximum Gasteiger partial charge on any atom is 0.264 e. The Hall–Kier alpha value is -1.57. The third kappa shape index (κ3) is 3.48.